The van der Waals surface area contributed by atoms with Gasteiger partial charge < -0.3 is 15.6 Å². The van der Waals surface area contributed by atoms with Crippen molar-refractivity contribution >= 4 is 34.2 Å². The molecule has 0 aliphatic rings. The van der Waals surface area contributed by atoms with Crippen LogP contribution in [0.2, 0.25) is 0 Å². The van der Waals surface area contributed by atoms with Gasteiger partial charge in [0.1, 0.15) is 5.82 Å². The number of benzene rings is 2. The average molecular weight is 384 g/mol. The average Bonchev–Trinajstić information content (AvgIpc) is 2.74. The Balaban J connectivity index is 1.58. The molecule has 0 aliphatic carbocycles. The van der Waals surface area contributed by atoms with E-state index in [0.717, 1.165) is 0 Å². The molecule has 0 saturated carbocycles. The maximum atomic E-state index is 12.8. The van der Waals surface area contributed by atoms with E-state index in [0.29, 0.717) is 28.0 Å². The molecule has 7 nitrogen and oxygen atoms in total. The van der Waals surface area contributed by atoms with Crippen LogP contribution in [0.1, 0.15) is 20.7 Å². The Bertz CT molecular complexity index is 1270. The molecule has 29 heavy (non-hydrogen) atoms. The summed E-state index contributed by atoms with van der Waals surface area (Å²) in [5, 5.41) is 6.08. The number of carbonyl (C=O) groups is 2. The number of para-hydroxylation sites is 1. The van der Waals surface area contributed by atoms with Gasteiger partial charge in [-0.1, -0.05) is 30.3 Å². The first kappa shape index (κ1) is 18.1. The van der Waals surface area contributed by atoms with Crippen molar-refractivity contribution in [1.29, 1.82) is 0 Å². The zero-order chi connectivity index (χ0) is 20.2. The number of amides is 2. The standard InChI is InChI=1S/C22H16N4O3/c27-20-13-17(16-8-1-2-9-18(16)25-20)22(29)24-15-7-5-6-14(12-15)21(28)26-19-10-3-4-11-23-19/h1-13H,(H,24,29)(H,25,27)(H,23,26,28). The predicted molar refractivity (Wildman–Crippen MR) is 111 cm³/mol. The summed E-state index contributed by atoms with van der Waals surface area (Å²) >= 11 is 0. The molecule has 0 atom stereocenters. The van der Waals surface area contributed by atoms with Crippen molar-refractivity contribution in [2.45, 2.75) is 0 Å². The summed E-state index contributed by atoms with van der Waals surface area (Å²) in [7, 11) is 0. The molecular formula is C22H16N4O3. The SMILES string of the molecule is O=C(Nc1ccccn1)c1cccc(NC(=O)c2cc(=O)[nH]c3ccccc23)c1. The highest BCUT2D eigenvalue weighted by Crippen LogP contribution is 2.18. The molecule has 0 saturated heterocycles. The molecule has 2 aromatic heterocycles. The van der Waals surface area contributed by atoms with Crippen molar-refractivity contribution in [2.75, 3.05) is 10.6 Å². The molecular weight excluding hydrogens is 368 g/mol. The van der Waals surface area contributed by atoms with E-state index in [1.165, 1.54) is 6.07 Å². The minimum atomic E-state index is -0.436. The first-order valence-corrected chi connectivity index (χ1v) is 8.86. The number of hydrogen-bond acceptors (Lipinski definition) is 4. The first-order valence-electron chi connectivity index (χ1n) is 8.86. The summed E-state index contributed by atoms with van der Waals surface area (Å²) in [6.45, 7) is 0. The van der Waals surface area contributed by atoms with Gasteiger partial charge in [0.2, 0.25) is 5.56 Å². The van der Waals surface area contributed by atoms with E-state index in [4.69, 9.17) is 0 Å². The number of nitrogens with zero attached hydrogens (tertiary/aromatic N) is 1. The molecule has 7 heteroatoms. The highest BCUT2D eigenvalue weighted by atomic mass is 16.2. The zero-order valence-electron chi connectivity index (χ0n) is 15.2. The van der Waals surface area contributed by atoms with Gasteiger partial charge in [-0.05, 0) is 36.4 Å². The third-order valence-corrected chi connectivity index (χ3v) is 4.28. The van der Waals surface area contributed by atoms with Crippen LogP contribution in [0.15, 0.2) is 83.8 Å². The van der Waals surface area contributed by atoms with Crippen molar-refractivity contribution < 1.29 is 9.59 Å². The molecule has 4 aromatic rings. The van der Waals surface area contributed by atoms with E-state index in [1.807, 2.05) is 0 Å². The van der Waals surface area contributed by atoms with Crippen molar-refractivity contribution in [3.63, 3.8) is 0 Å². The number of fused-ring (bicyclic) bond motifs is 1. The normalized spacial score (nSPS) is 10.5. The smallest absolute Gasteiger partial charge is 0.256 e. The molecule has 0 fully saturated rings. The van der Waals surface area contributed by atoms with Crippen LogP contribution in [0.3, 0.4) is 0 Å². The van der Waals surface area contributed by atoms with Crippen LogP contribution in [-0.4, -0.2) is 21.8 Å². The lowest BCUT2D eigenvalue weighted by atomic mass is 10.1. The van der Waals surface area contributed by atoms with Crippen molar-refractivity contribution in [3.05, 3.63) is 100 Å². The number of pyridine rings is 2. The maximum Gasteiger partial charge on any atom is 0.256 e. The third kappa shape index (κ3) is 4.03. The van der Waals surface area contributed by atoms with E-state index in [1.54, 1.807) is 72.9 Å². The number of carbonyl (C=O) groups excluding carboxylic acids is 2. The number of H-pyrrole nitrogens is 1. The van der Waals surface area contributed by atoms with Gasteiger partial charge in [0, 0.05) is 34.4 Å². The number of aromatic nitrogens is 2. The minimum absolute atomic E-state index is 0.257. The molecule has 142 valence electrons. The molecule has 0 bridgehead atoms. The van der Waals surface area contributed by atoms with Crippen molar-refractivity contribution in [3.8, 4) is 0 Å². The Hall–Kier alpha value is -4.26. The largest absolute Gasteiger partial charge is 0.322 e. The summed E-state index contributed by atoms with van der Waals surface area (Å²) in [6, 6.07) is 20.1. The Morgan fingerprint density at radius 1 is 0.828 bits per heavy atom. The van der Waals surface area contributed by atoms with Crippen LogP contribution in [-0.2, 0) is 0 Å². The molecule has 2 amide bonds. The van der Waals surface area contributed by atoms with Crippen molar-refractivity contribution in [2.24, 2.45) is 0 Å². The lowest BCUT2D eigenvalue weighted by Crippen LogP contribution is -2.17. The van der Waals surface area contributed by atoms with Gasteiger partial charge >= 0.3 is 0 Å². The van der Waals surface area contributed by atoms with Gasteiger partial charge in [0.15, 0.2) is 0 Å². The molecule has 4 rings (SSSR count). The molecule has 0 radical (unpaired) electrons. The van der Waals surface area contributed by atoms with Crippen molar-refractivity contribution in [1.82, 2.24) is 9.97 Å². The fourth-order valence-corrected chi connectivity index (χ4v) is 2.95. The molecule has 2 aromatic carbocycles. The molecule has 0 unspecified atom stereocenters. The Kier molecular flexibility index (Phi) is 4.86. The first-order chi connectivity index (χ1) is 14.1. The van der Waals surface area contributed by atoms with Crippen LogP contribution in [0.25, 0.3) is 10.9 Å². The van der Waals surface area contributed by atoms with Crippen LogP contribution < -0.4 is 16.2 Å². The lowest BCUT2D eigenvalue weighted by Gasteiger charge is -2.09. The van der Waals surface area contributed by atoms with E-state index in [-0.39, 0.29) is 17.0 Å². The minimum Gasteiger partial charge on any atom is -0.322 e. The fourth-order valence-electron chi connectivity index (χ4n) is 2.95. The highest BCUT2D eigenvalue weighted by molar-refractivity contribution is 6.12. The Labute approximate surface area is 165 Å². The van der Waals surface area contributed by atoms with Gasteiger partial charge in [-0.3, -0.25) is 14.4 Å². The topological polar surface area (TPSA) is 104 Å². The van der Waals surface area contributed by atoms with Gasteiger partial charge in [-0.25, -0.2) is 4.98 Å². The fraction of sp³-hybridized carbons (Fsp3) is 0. The second-order valence-electron chi connectivity index (χ2n) is 6.30. The highest BCUT2D eigenvalue weighted by Gasteiger charge is 2.13. The summed E-state index contributed by atoms with van der Waals surface area (Å²) < 4.78 is 0. The van der Waals surface area contributed by atoms with E-state index >= 15 is 0 Å². The third-order valence-electron chi connectivity index (χ3n) is 4.28. The van der Waals surface area contributed by atoms with Crippen LogP contribution in [0, 0.1) is 0 Å². The van der Waals surface area contributed by atoms with Gasteiger partial charge in [0.05, 0.1) is 5.56 Å². The van der Waals surface area contributed by atoms with Crippen LogP contribution in [0.4, 0.5) is 11.5 Å². The van der Waals surface area contributed by atoms with E-state index < -0.39 is 5.91 Å². The van der Waals surface area contributed by atoms with Crippen LogP contribution in [0.5, 0.6) is 0 Å². The molecule has 0 spiro atoms. The summed E-state index contributed by atoms with van der Waals surface area (Å²) in [6.07, 6.45) is 1.58. The van der Waals surface area contributed by atoms with E-state index in [9.17, 15) is 14.4 Å². The summed E-state index contributed by atoms with van der Waals surface area (Å²) in [5.74, 6) is -0.349. The number of rotatable bonds is 4. The van der Waals surface area contributed by atoms with Gasteiger partial charge in [-0.2, -0.15) is 0 Å². The number of aromatic amines is 1. The molecule has 0 aliphatic heterocycles. The molecule has 3 N–H and O–H groups in total. The Morgan fingerprint density at radius 2 is 1.66 bits per heavy atom. The second kappa shape index (κ2) is 7.77. The number of hydrogen-bond donors (Lipinski definition) is 3. The number of nitrogens with one attached hydrogen (secondary N) is 3. The Morgan fingerprint density at radius 3 is 2.48 bits per heavy atom. The summed E-state index contributed by atoms with van der Waals surface area (Å²) in [4.78, 5) is 43.9. The van der Waals surface area contributed by atoms with E-state index in [2.05, 4.69) is 20.6 Å². The lowest BCUT2D eigenvalue weighted by molar-refractivity contribution is 0.101. The summed E-state index contributed by atoms with van der Waals surface area (Å²) in [5.41, 5.74) is 1.27. The predicted octanol–water partition coefficient (Wildman–Crippen LogP) is 3.43. The quantitative estimate of drug-likeness (QED) is 0.501. The van der Waals surface area contributed by atoms with Gasteiger partial charge in [0.25, 0.3) is 11.8 Å². The van der Waals surface area contributed by atoms with Crippen LogP contribution >= 0.6 is 0 Å². The maximum absolute atomic E-state index is 12.8. The van der Waals surface area contributed by atoms with Gasteiger partial charge in [-0.15, -0.1) is 0 Å². The zero-order valence-corrected chi connectivity index (χ0v) is 15.2. The molecule has 2 heterocycles. The second-order valence-corrected chi connectivity index (χ2v) is 6.30. The monoisotopic (exact) mass is 384 g/mol. The number of anilines is 2.